The van der Waals surface area contributed by atoms with Gasteiger partial charge in [-0.25, -0.2) is 4.68 Å². The molecule has 3 aromatic rings. The smallest absolute Gasteiger partial charge is 0.206 e. The van der Waals surface area contributed by atoms with Gasteiger partial charge in [0, 0.05) is 29.8 Å². The third kappa shape index (κ3) is 3.66. The molecule has 0 aliphatic heterocycles. The molecule has 3 rings (SSSR count). The minimum atomic E-state index is 0.692. The van der Waals surface area contributed by atoms with Gasteiger partial charge in [-0.3, -0.25) is 4.99 Å². The summed E-state index contributed by atoms with van der Waals surface area (Å²) in [5.74, 6) is 1.47. The van der Waals surface area contributed by atoms with Gasteiger partial charge >= 0.3 is 0 Å². The molecule has 1 aromatic carbocycles. The predicted octanol–water partition coefficient (Wildman–Crippen LogP) is 3.36. The molecule has 25 heavy (non-hydrogen) atoms. The summed E-state index contributed by atoms with van der Waals surface area (Å²) in [6.07, 6.45) is 3.64. The fourth-order valence-corrected chi connectivity index (χ4v) is 3.29. The van der Waals surface area contributed by atoms with Crippen LogP contribution in [0.3, 0.4) is 0 Å². The molecule has 0 bridgehead atoms. The number of aromatic amines is 1. The molecular formula is C18H20N4O2S. The van der Waals surface area contributed by atoms with E-state index in [4.69, 9.17) is 9.47 Å². The van der Waals surface area contributed by atoms with Crippen molar-refractivity contribution in [2.75, 3.05) is 20.8 Å². The standard InChI is InChI=1S/C18H20N4O2S/c1-4-19-18-22(21-11-13-6-5-9-20-13)16(12-25-18)15-8-7-14(23-2)10-17(15)24-3/h5-12,20H,4H2,1-3H3. The van der Waals surface area contributed by atoms with Gasteiger partial charge in [0.25, 0.3) is 0 Å². The van der Waals surface area contributed by atoms with Crippen molar-refractivity contribution in [3.8, 4) is 22.8 Å². The van der Waals surface area contributed by atoms with E-state index in [0.29, 0.717) is 6.54 Å². The van der Waals surface area contributed by atoms with Gasteiger partial charge in [0.2, 0.25) is 4.80 Å². The molecule has 0 radical (unpaired) electrons. The highest BCUT2D eigenvalue weighted by atomic mass is 32.1. The van der Waals surface area contributed by atoms with Crippen LogP contribution in [0, 0.1) is 0 Å². The molecule has 130 valence electrons. The lowest BCUT2D eigenvalue weighted by Crippen LogP contribution is -2.12. The van der Waals surface area contributed by atoms with Gasteiger partial charge in [0.15, 0.2) is 0 Å². The highest BCUT2D eigenvalue weighted by Crippen LogP contribution is 2.33. The van der Waals surface area contributed by atoms with Crippen molar-refractivity contribution in [3.63, 3.8) is 0 Å². The van der Waals surface area contributed by atoms with Crippen LogP contribution in [0.15, 0.2) is 52.0 Å². The van der Waals surface area contributed by atoms with Crippen LogP contribution in [-0.4, -0.2) is 36.6 Å². The number of benzene rings is 1. The highest BCUT2D eigenvalue weighted by molar-refractivity contribution is 7.07. The van der Waals surface area contributed by atoms with Crippen LogP contribution in [0.2, 0.25) is 0 Å². The molecule has 0 saturated heterocycles. The van der Waals surface area contributed by atoms with Crippen molar-refractivity contribution in [1.82, 2.24) is 9.66 Å². The highest BCUT2D eigenvalue weighted by Gasteiger charge is 2.13. The molecule has 0 unspecified atom stereocenters. The molecule has 2 aromatic heterocycles. The maximum atomic E-state index is 5.54. The molecule has 0 saturated carbocycles. The Morgan fingerprint density at radius 3 is 2.80 bits per heavy atom. The van der Waals surface area contributed by atoms with E-state index in [0.717, 1.165) is 33.3 Å². The summed E-state index contributed by atoms with van der Waals surface area (Å²) in [6.45, 7) is 2.70. The first-order valence-electron chi connectivity index (χ1n) is 7.88. The fourth-order valence-electron chi connectivity index (χ4n) is 2.39. The number of H-pyrrole nitrogens is 1. The second-order valence-corrected chi connectivity index (χ2v) is 5.96. The summed E-state index contributed by atoms with van der Waals surface area (Å²) in [5, 5.41) is 6.64. The molecule has 0 aliphatic carbocycles. The largest absolute Gasteiger partial charge is 0.497 e. The van der Waals surface area contributed by atoms with Crippen molar-refractivity contribution < 1.29 is 9.47 Å². The van der Waals surface area contributed by atoms with Crippen molar-refractivity contribution in [3.05, 3.63) is 52.4 Å². The van der Waals surface area contributed by atoms with E-state index in [1.54, 1.807) is 31.8 Å². The van der Waals surface area contributed by atoms with Gasteiger partial charge in [-0.1, -0.05) is 0 Å². The molecule has 1 N–H and O–H groups in total. The number of nitrogens with zero attached hydrogens (tertiary/aromatic N) is 3. The van der Waals surface area contributed by atoms with Crippen molar-refractivity contribution >= 4 is 17.6 Å². The lowest BCUT2D eigenvalue weighted by atomic mass is 10.1. The van der Waals surface area contributed by atoms with Crippen molar-refractivity contribution in [2.45, 2.75) is 6.92 Å². The number of nitrogens with one attached hydrogen (secondary N) is 1. The normalized spacial score (nSPS) is 12.0. The zero-order chi connectivity index (χ0) is 17.6. The first-order valence-corrected chi connectivity index (χ1v) is 8.76. The average Bonchev–Trinajstić information content (AvgIpc) is 3.29. The van der Waals surface area contributed by atoms with Crippen molar-refractivity contribution in [1.29, 1.82) is 0 Å². The zero-order valence-electron chi connectivity index (χ0n) is 14.4. The molecule has 0 atom stereocenters. The zero-order valence-corrected chi connectivity index (χ0v) is 15.2. The van der Waals surface area contributed by atoms with Crippen molar-refractivity contribution in [2.24, 2.45) is 10.1 Å². The number of hydrogen-bond acceptors (Lipinski definition) is 5. The number of hydrogen-bond donors (Lipinski definition) is 1. The van der Waals surface area contributed by atoms with Crippen LogP contribution in [0.4, 0.5) is 0 Å². The molecular weight excluding hydrogens is 336 g/mol. The van der Waals surface area contributed by atoms with Crippen LogP contribution in [0.25, 0.3) is 11.3 Å². The molecule has 0 fully saturated rings. The van der Waals surface area contributed by atoms with Crippen LogP contribution < -0.4 is 14.3 Å². The summed E-state index contributed by atoms with van der Waals surface area (Å²) in [5.41, 5.74) is 2.77. The summed E-state index contributed by atoms with van der Waals surface area (Å²) in [7, 11) is 3.28. The predicted molar refractivity (Wildman–Crippen MR) is 101 cm³/mol. The third-order valence-electron chi connectivity index (χ3n) is 3.60. The second-order valence-electron chi connectivity index (χ2n) is 5.13. The first-order chi connectivity index (χ1) is 12.3. The van der Waals surface area contributed by atoms with E-state index in [2.05, 4.69) is 15.1 Å². The lowest BCUT2D eigenvalue weighted by molar-refractivity contribution is 0.395. The SMILES string of the molecule is CCN=c1scc(-c2ccc(OC)cc2OC)n1N=Cc1ccc[nH]1. The number of thiazole rings is 1. The monoisotopic (exact) mass is 356 g/mol. The topological polar surface area (TPSA) is 63.9 Å². The minimum absolute atomic E-state index is 0.692. The van der Waals surface area contributed by atoms with Crippen LogP contribution in [0.5, 0.6) is 11.5 Å². The summed E-state index contributed by atoms with van der Waals surface area (Å²) in [6, 6.07) is 9.63. The Morgan fingerprint density at radius 2 is 2.12 bits per heavy atom. The molecule has 0 aliphatic rings. The minimum Gasteiger partial charge on any atom is -0.497 e. The number of aromatic nitrogens is 2. The number of ether oxygens (including phenoxy) is 2. The van der Waals surface area contributed by atoms with Gasteiger partial charge in [-0.2, -0.15) is 5.10 Å². The van der Waals surface area contributed by atoms with Crippen LogP contribution in [0.1, 0.15) is 12.6 Å². The first kappa shape index (κ1) is 17.0. The number of methoxy groups -OCH3 is 2. The summed E-state index contributed by atoms with van der Waals surface area (Å²) in [4.78, 5) is 8.48. The van der Waals surface area contributed by atoms with Crippen LogP contribution in [-0.2, 0) is 0 Å². The van der Waals surface area contributed by atoms with E-state index in [9.17, 15) is 0 Å². The number of rotatable bonds is 6. The Morgan fingerprint density at radius 1 is 1.24 bits per heavy atom. The van der Waals surface area contributed by atoms with Gasteiger partial charge < -0.3 is 14.5 Å². The summed E-state index contributed by atoms with van der Waals surface area (Å²) >= 11 is 1.55. The quantitative estimate of drug-likeness (QED) is 0.688. The van der Waals surface area contributed by atoms with E-state index in [-0.39, 0.29) is 0 Å². The van der Waals surface area contributed by atoms with Gasteiger partial charge in [0.1, 0.15) is 11.5 Å². The molecule has 7 heteroatoms. The van der Waals surface area contributed by atoms with Gasteiger partial charge in [0.05, 0.1) is 31.8 Å². The maximum absolute atomic E-state index is 5.54. The molecule has 2 heterocycles. The molecule has 0 spiro atoms. The fraction of sp³-hybridized carbons (Fsp3) is 0.222. The van der Waals surface area contributed by atoms with E-state index < -0.39 is 0 Å². The van der Waals surface area contributed by atoms with E-state index in [1.807, 2.05) is 53.5 Å². The molecule has 6 nitrogen and oxygen atoms in total. The molecule has 0 amide bonds. The third-order valence-corrected chi connectivity index (χ3v) is 4.45. The Hall–Kier alpha value is -2.80. The Labute approximate surface area is 150 Å². The van der Waals surface area contributed by atoms with Crippen LogP contribution >= 0.6 is 11.3 Å². The Bertz CT molecular complexity index is 923. The lowest BCUT2D eigenvalue weighted by Gasteiger charge is -2.10. The maximum Gasteiger partial charge on any atom is 0.206 e. The average molecular weight is 356 g/mol. The summed E-state index contributed by atoms with van der Waals surface area (Å²) < 4.78 is 12.7. The Kier molecular flexibility index (Phi) is 5.35. The van der Waals surface area contributed by atoms with Gasteiger partial charge in [-0.15, -0.1) is 11.3 Å². The van der Waals surface area contributed by atoms with E-state index in [1.165, 1.54) is 0 Å². The second kappa shape index (κ2) is 7.85. The Balaban J connectivity index is 2.12. The van der Waals surface area contributed by atoms with E-state index >= 15 is 0 Å². The van der Waals surface area contributed by atoms with Gasteiger partial charge in [-0.05, 0) is 31.2 Å².